The minimum Gasteiger partial charge on any atom is -0.0622 e. The lowest BCUT2D eigenvalue weighted by atomic mass is 9.90. The Labute approximate surface area is 231 Å². The van der Waals surface area contributed by atoms with Gasteiger partial charge in [-0.2, -0.15) is 0 Å². The Balaban J connectivity index is 1.36. The topological polar surface area (TPSA) is 0 Å². The van der Waals surface area contributed by atoms with Gasteiger partial charge in [0.25, 0.3) is 0 Å². The van der Waals surface area contributed by atoms with Gasteiger partial charge in [-0.15, -0.1) is 0 Å². The van der Waals surface area contributed by atoms with Crippen molar-refractivity contribution in [3.63, 3.8) is 0 Å². The molecule has 0 radical (unpaired) electrons. The smallest absolute Gasteiger partial charge is 0.0622 e. The number of hydrogen-bond donors (Lipinski definition) is 0. The molecule has 2 heterocycles. The van der Waals surface area contributed by atoms with Gasteiger partial charge < -0.3 is 0 Å². The number of rotatable bonds is 3. The molecule has 186 valence electrons. The summed E-state index contributed by atoms with van der Waals surface area (Å²) in [4.78, 5) is 0. The summed E-state index contributed by atoms with van der Waals surface area (Å²) in [6, 6.07) is 52.9. The van der Waals surface area contributed by atoms with E-state index in [1.807, 2.05) is 0 Å². The summed E-state index contributed by atoms with van der Waals surface area (Å²) in [7, 11) is -1.68. The second-order valence-electron chi connectivity index (χ2n) is 11.3. The molecule has 1 spiro atoms. The molecule has 1 saturated heterocycles. The second kappa shape index (κ2) is 8.93. The Morgan fingerprint density at radius 2 is 0.846 bits per heavy atom. The quantitative estimate of drug-likeness (QED) is 0.207. The van der Waals surface area contributed by atoms with E-state index in [1.54, 1.807) is 10.4 Å². The van der Waals surface area contributed by atoms with Crippen LogP contribution in [0.5, 0.6) is 0 Å². The van der Waals surface area contributed by atoms with Gasteiger partial charge in [0.2, 0.25) is 0 Å². The molecule has 1 heteroatoms. The predicted molar refractivity (Wildman–Crippen MR) is 170 cm³/mol. The third-order valence-corrected chi connectivity index (χ3v) is 14.6. The fourth-order valence-corrected chi connectivity index (χ4v) is 12.9. The molecule has 0 N–H and O–H groups in total. The standard InChI is InChI=1S/C38H30Si/c1-3-11-27(12-4-1)31-17-19-37-35(25-31)36-26-32(18-20-38(36)39(37)21-9-10-22-39)34-24-30-16-8-7-15-29(30)23-33(34)28-13-5-2-6-14-28/h1-8,11-20,23-26H,9-10,21-22H2. The van der Waals surface area contributed by atoms with Gasteiger partial charge in [0.1, 0.15) is 8.07 Å². The molecule has 0 amide bonds. The number of fused-ring (bicyclic) bond motifs is 6. The lowest BCUT2D eigenvalue weighted by Crippen LogP contribution is -2.52. The zero-order valence-corrected chi connectivity index (χ0v) is 23.0. The van der Waals surface area contributed by atoms with Crippen LogP contribution in [0.4, 0.5) is 0 Å². The van der Waals surface area contributed by atoms with Crippen LogP contribution in [0, 0.1) is 0 Å². The molecule has 2 aliphatic rings. The van der Waals surface area contributed by atoms with Gasteiger partial charge in [-0.25, -0.2) is 0 Å². The highest BCUT2D eigenvalue weighted by Crippen LogP contribution is 2.43. The molecular formula is C38H30Si. The Kier molecular flexibility index (Phi) is 5.21. The van der Waals surface area contributed by atoms with Gasteiger partial charge in [0.15, 0.2) is 0 Å². The monoisotopic (exact) mass is 514 g/mol. The lowest BCUT2D eigenvalue weighted by Gasteiger charge is -2.24. The van der Waals surface area contributed by atoms with Crippen LogP contribution < -0.4 is 10.4 Å². The van der Waals surface area contributed by atoms with Crippen LogP contribution in [0.25, 0.3) is 55.3 Å². The van der Waals surface area contributed by atoms with Crippen LogP contribution in [0.15, 0.2) is 133 Å². The van der Waals surface area contributed by atoms with Gasteiger partial charge in [-0.1, -0.05) is 122 Å². The molecule has 6 aromatic carbocycles. The summed E-state index contributed by atoms with van der Waals surface area (Å²) >= 11 is 0. The molecule has 6 aromatic rings. The third-order valence-electron chi connectivity index (χ3n) is 9.21. The van der Waals surface area contributed by atoms with Crippen molar-refractivity contribution in [2.24, 2.45) is 0 Å². The molecule has 2 aliphatic heterocycles. The van der Waals surface area contributed by atoms with Crippen LogP contribution in [0.1, 0.15) is 12.8 Å². The second-order valence-corrected chi connectivity index (χ2v) is 15.5. The summed E-state index contributed by atoms with van der Waals surface area (Å²) < 4.78 is 0. The van der Waals surface area contributed by atoms with E-state index in [0.29, 0.717) is 0 Å². The third kappa shape index (κ3) is 3.57. The Hall–Kier alpha value is -4.20. The molecule has 0 bridgehead atoms. The first kappa shape index (κ1) is 22.8. The van der Waals surface area contributed by atoms with Gasteiger partial charge in [-0.3, -0.25) is 0 Å². The molecule has 0 unspecified atom stereocenters. The Bertz CT molecular complexity index is 1840. The highest BCUT2D eigenvalue weighted by Gasteiger charge is 2.47. The van der Waals surface area contributed by atoms with Crippen molar-refractivity contribution in [1.29, 1.82) is 0 Å². The van der Waals surface area contributed by atoms with Crippen molar-refractivity contribution in [1.82, 2.24) is 0 Å². The van der Waals surface area contributed by atoms with Crippen molar-refractivity contribution in [3.05, 3.63) is 133 Å². The molecule has 0 atom stereocenters. The minimum absolute atomic E-state index is 1.27. The van der Waals surface area contributed by atoms with E-state index in [9.17, 15) is 0 Å². The lowest BCUT2D eigenvalue weighted by molar-refractivity contribution is 0.935. The first-order valence-electron chi connectivity index (χ1n) is 14.2. The predicted octanol–water partition coefficient (Wildman–Crippen LogP) is 9.18. The fraction of sp³-hybridized carbons (Fsp3) is 0.105. The largest absolute Gasteiger partial charge is 0.119 e. The zero-order chi connectivity index (χ0) is 25.8. The van der Waals surface area contributed by atoms with E-state index in [4.69, 9.17) is 0 Å². The van der Waals surface area contributed by atoms with Crippen molar-refractivity contribution in [2.75, 3.05) is 0 Å². The molecule has 0 nitrogen and oxygen atoms in total. The maximum absolute atomic E-state index is 2.53. The number of benzene rings is 6. The normalized spacial score (nSPS) is 15.0. The summed E-state index contributed by atoms with van der Waals surface area (Å²) in [6.45, 7) is 0. The fourth-order valence-electron chi connectivity index (χ4n) is 7.34. The molecule has 1 fully saturated rings. The van der Waals surface area contributed by atoms with E-state index in [2.05, 4.69) is 133 Å². The highest BCUT2D eigenvalue weighted by atomic mass is 28.3. The summed E-state index contributed by atoms with van der Waals surface area (Å²) in [6.07, 6.45) is 2.74. The van der Waals surface area contributed by atoms with Crippen molar-refractivity contribution >= 4 is 29.2 Å². The van der Waals surface area contributed by atoms with Gasteiger partial charge in [0.05, 0.1) is 0 Å². The van der Waals surface area contributed by atoms with Crippen LogP contribution in [-0.2, 0) is 0 Å². The zero-order valence-electron chi connectivity index (χ0n) is 22.0. The summed E-state index contributed by atoms with van der Waals surface area (Å²) in [5.74, 6) is 0. The maximum Gasteiger partial charge on any atom is 0.119 e. The van der Waals surface area contributed by atoms with Crippen LogP contribution in [0.2, 0.25) is 12.1 Å². The van der Waals surface area contributed by atoms with Crippen LogP contribution in [0.3, 0.4) is 0 Å². The average Bonchev–Trinajstić information content (AvgIpc) is 3.61. The van der Waals surface area contributed by atoms with Gasteiger partial charge in [-0.05, 0) is 102 Å². The Morgan fingerprint density at radius 1 is 0.359 bits per heavy atom. The summed E-state index contributed by atoms with van der Waals surface area (Å²) in [5, 5.41) is 5.93. The molecule has 39 heavy (non-hydrogen) atoms. The van der Waals surface area contributed by atoms with E-state index >= 15 is 0 Å². The first-order valence-corrected chi connectivity index (χ1v) is 16.7. The first-order chi connectivity index (χ1) is 19.3. The number of hydrogen-bond acceptors (Lipinski definition) is 0. The van der Waals surface area contributed by atoms with Crippen LogP contribution >= 0.6 is 0 Å². The van der Waals surface area contributed by atoms with E-state index < -0.39 is 8.07 Å². The van der Waals surface area contributed by atoms with Crippen molar-refractivity contribution in [2.45, 2.75) is 24.9 Å². The molecular weight excluding hydrogens is 485 g/mol. The summed E-state index contributed by atoms with van der Waals surface area (Å²) in [5.41, 5.74) is 10.8. The van der Waals surface area contributed by atoms with Gasteiger partial charge in [0, 0.05) is 0 Å². The molecule has 8 rings (SSSR count). The van der Waals surface area contributed by atoms with Crippen LogP contribution in [-0.4, -0.2) is 8.07 Å². The Morgan fingerprint density at radius 3 is 1.46 bits per heavy atom. The van der Waals surface area contributed by atoms with E-state index in [-0.39, 0.29) is 0 Å². The molecule has 0 aliphatic carbocycles. The van der Waals surface area contributed by atoms with Gasteiger partial charge >= 0.3 is 0 Å². The van der Waals surface area contributed by atoms with E-state index in [1.165, 1.54) is 80.2 Å². The van der Waals surface area contributed by atoms with Crippen molar-refractivity contribution in [3.8, 4) is 44.5 Å². The SMILES string of the molecule is c1ccc(-c2ccc3c(c2)-c2cc(-c4cc5ccccc5cc4-c4ccccc4)ccc2[Si]32CCCC2)cc1. The minimum atomic E-state index is -1.68. The molecule has 0 aromatic heterocycles. The highest BCUT2D eigenvalue weighted by molar-refractivity contribution is 7.06. The average molecular weight is 515 g/mol. The van der Waals surface area contributed by atoms with Crippen molar-refractivity contribution < 1.29 is 0 Å². The maximum atomic E-state index is 2.53. The van der Waals surface area contributed by atoms with E-state index in [0.717, 1.165) is 0 Å². The molecule has 0 saturated carbocycles.